The third-order valence-corrected chi connectivity index (χ3v) is 1.71. The van der Waals surface area contributed by atoms with Gasteiger partial charge in [-0.1, -0.05) is 11.6 Å². The maximum Gasteiger partial charge on any atom is 0.134 e. The van der Waals surface area contributed by atoms with Gasteiger partial charge in [-0.05, 0) is 25.9 Å². The predicted molar refractivity (Wildman–Crippen MR) is 36.1 cm³/mol. The van der Waals surface area contributed by atoms with E-state index in [9.17, 15) is 4.91 Å². The van der Waals surface area contributed by atoms with E-state index in [0.29, 0.717) is 6.67 Å². The first kappa shape index (κ1) is 6.68. The Morgan fingerprint density at radius 3 is 2.44 bits per heavy atom. The molecule has 0 aromatic rings. The second-order valence-electron chi connectivity index (χ2n) is 2.45. The van der Waals surface area contributed by atoms with E-state index in [4.69, 9.17) is 0 Å². The molecule has 0 radical (unpaired) electrons. The van der Waals surface area contributed by atoms with Crippen LogP contribution in [0.25, 0.3) is 0 Å². The van der Waals surface area contributed by atoms with Gasteiger partial charge in [-0.3, -0.25) is 4.90 Å². The Hall–Kier alpha value is -0.440. The van der Waals surface area contributed by atoms with Crippen LogP contribution in [0, 0.1) is 4.91 Å². The maximum atomic E-state index is 9.78. The van der Waals surface area contributed by atoms with E-state index < -0.39 is 0 Å². The number of likely N-dealkylation sites (tertiary alicyclic amines) is 1. The van der Waals surface area contributed by atoms with E-state index in [2.05, 4.69) is 10.1 Å². The quantitative estimate of drug-likeness (QED) is 0.523. The smallest absolute Gasteiger partial charge is 0.134 e. The van der Waals surface area contributed by atoms with Gasteiger partial charge in [-0.15, -0.1) is 4.91 Å². The van der Waals surface area contributed by atoms with Crippen LogP contribution in [0.1, 0.15) is 19.3 Å². The highest BCUT2D eigenvalue weighted by atomic mass is 16.3. The van der Waals surface area contributed by atoms with Crippen LogP contribution < -0.4 is 0 Å². The number of hydrogen-bond donors (Lipinski definition) is 0. The molecule has 1 saturated heterocycles. The van der Waals surface area contributed by atoms with Crippen LogP contribution in [0.5, 0.6) is 0 Å². The fourth-order valence-electron chi connectivity index (χ4n) is 1.18. The summed E-state index contributed by atoms with van der Waals surface area (Å²) in [4.78, 5) is 11.9. The fraction of sp³-hybridized carbons (Fsp3) is 1.00. The van der Waals surface area contributed by atoms with Gasteiger partial charge in [-0.25, -0.2) is 0 Å². The number of rotatable bonds is 2. The molecule has 1 fully saturated rings. The van der Waals surface area contributed by atoms with Gasteiger partial charge in [0.1, 0.15) is 6.67 Å². The largest absolute Gasteiger partial charge is 0.282 e. The van der Waals surface area contributed by atoms with Gasteiger partial charge in [-0.2, -0.15) is 0 Å². The molecule has 0 N–H and O–H groups in total. The fourth-order valence-corrected chi connectivity index (χ4v) is 1.18. The minimum atomic E-state index is 0.389. The monoisotopic (exact) mass is 128 g/mol. The van der Waals surface area contributed by atoms with Crippen LogP contribution in [0.2, 0.25) is 0 Å². The molecule has 52 valence electrons. The zero-order valence-electron chi connectivity index (χ0n) is 5.55. The van der Waals surface area contributed by atoms with E-state index in [0.717, 1.165) is 13.1 Å². The van der Waals surface area contributed by atoms with Crippen LogP contribution >= 0.6 is 0 Å². The molecule has 0 atom stereocenters. The molecule has 1 aliphatic rings. The third kappa shape index (κ3) is 2.10. The Bertz CT molecular complexity index is 89.1. The van der Waals surface area contributed by atoms with Crippen molar-refractivity contribution < 1.29 is 0 Å². The number of piperidine rings is 1. The lowest BCUT2D eigenvalue weighted by Gasteiger charge is -2.22. The molecule has 0 unspecified atom stereocenters. The molecule has 0 spiro atoms. The summed E-state index contributed by atoms with van der Waals surface area (Å²) in [5.41, 5.74) is 0. The summed E-state index contributed by atoms with van der Waals surface area (Å²) in [6.07, 6.45) is 3.78. The van der Waals surface area contributed by atoms with Gasteiger partial charge in [0.05, 0.1) is 0 Å². The first-order valence-corrected chi connectivity index (χ1v) is 3.45. The van der Waals surface area contributed by atoms with Crippen molar-refractivity contribution in [2.24, 2.45) is 5.18 Å². The molecule has 3 heteroatoms. The standard InChI is InChI=1S/C6H12N2O/c9-7-6-8-4-2-1-3-5-8/h1-6H2. The zero-order valence-corrected chi connectivity index (χ0v) is 5.55. The van der Waals surface area contributed by atoms with Crippen molar-refractivity contribution in [3.63, 3.8) is 0 Å². The molecular formula is C6H12N2O. The van der Waals surface area contributed by atoms with Crippen LogP contribution in [-0.4, -0.2) is 24.7 Å². The lowest BCUT2D eigenvalue weighted by atomic mass is 10.1. The molecule has 1 aliphatic heterocycles. The Morgan fingerprint density at radius 1 is 1.22 bits per heavy atom. The second kappa shape index (κ2) is 3.56. The highest BCUT2D eigenvalue weighted by Gasteiger charge is 2.08. The summed E-state index contributed by atoms with van der Waals surface area (Å²) in [6, 6.07) is 0. The minimum absolute atomic E-state index is 0.389. The first-order valence-electron chi connectivity index (χ1n) is 3.45. The van der Waals surface area contributed by atoms with E-state index in [-0.39, 0.29) is 0 Å². The number of nitroso groups, excluding NO2 is 1. The van der Waals surface area contributed by atoms with Gasteiger partial charge >= 0.3 is 0 Å². The molecule has 0 saturated carbocycles. The molecule has 0 aromatic heterocycles. The zero-order chi connectivity index (χ0) is 6.53. The SMILES string of the molecule is O=NCN1CCCCC1. The van der Waals surface area contributed by atoms with Gasteiger partial charge in [0, 0.05) is 0 Å². The van der Waals surface area contributed by atoms with Crippen molar-refractivity contribution in [2.45, 2.75) is 19.3 Å². The molecule has 0 aliphatic carbocycles. The number of nitrogens with zero attached hydrogens (tertiary/aromatic N) is 2. The molecule has 9 heavy (non-hydrogen) atoms. The van der Waals surface area contributed by atoms with E-state index in [1.54, 1.807) is 0 Å². The maximum absolute atomic E-state index is 9.78. The van der Waals surface area contributed by atoms with Crippen LogP contribution in [0.4, 0.5) is 0 Å². The summed E-state index contributed by atoms with van der Waals surface area (Å²) in [5, 5.41) is 2.84. The summed E-state index contributed by atoms with van der Waals surface area (Å²) in [7, 11) is 0. The normalized spacial score (nSPS) is 21.8. The van der Waals surface area contributed by atoms with Crippen molar-refractivity contribution in [3.8, 4) is 0 Å². The van der Waals surface area contributed by atoms with Crippen molar-refractivity contribution in [1.82, 2.24) is 4.90 Å². The molecule has 0 bridgehead atoms. The van der Waals surface area contributed by atoms with E-state index in [1.807, 2.05) is 0 Å². The molecule has 1 rings (SSSR count). The van der Waals surface area contributed by atoms with Crippen molar-refractivity contribution in [3.05, 3.63) is 4.91 Å². The molecule has 3 nitrogen and oxygen atoms in total. The minimum Gasteiger partial charge on any atom is -0.282 e. The average Bonchev–Trinajstić information content (AvgIpc) is 1.91. The molecule has 1 heterocycles. The molecule has 0 amide bonds. The van der Waals surface area contributed by atoms with Crippen molar-refractivity contribution in [2.75, 3.05) is 19.8 Å². The summed E-state index contributed by atoms with van der Waals surface area (Å²) < 4.78 is 0. The van der Waals surface area contributed by atoms with Crippen LogP contribution in [-0.2, 0) is 0 Å². The molecule has 0 aromatic carbocycles. The molecular weight excluding hydrogens is 116 g/mol. The summed E-state index contributed by atoms with van der Waals surface area (Å²) >= 11 is 0. The van der Waals surface area contributed by atoms with Crippen LogP contribution in [0.15, 0.2) is 5.18 Å². The van der Waals surface area contributed by atoms with Gasteiger partial charge in [0.15, 0.2) is 0 Å². The lowest BCUT2D eigenvalue weighted by molar-refractivity contribution is 0.235. The van der Waals surface area contributed by atoms with Gasteiger partial charge in [0.2, 0.25) is 0 Å². The average molecular weight is 128 g/mol. The van der Waals surface area contributed by atoms with E-state index in [1.165, 1.54) is 19.3 Å². The Morgan fingerprint density at radius 2 is 1.89 bits per heavy atom. The highest BCUT2D eigenvalue weighted by Crippen LogP contribution is 2.07. The van der Waals surface area contributed by atoms with E-state index >= 15 is 0 Å². The van der Waals surface area contributed by atoms with Crippen LogP contribution in [0.3, 0.4) is 0 Å². The predicted octanol–water partition coefficient (Wildman–Crippen LogP) is 1.20. The van der Waals surface area contributed by atoms with Gasteiger partial charge in [0.25, 0.3) is 0 Å². The summed E-state index contributed by atoms with van der Waals surface area (Å²) in [5.74, 6) is 0. The van der Waals surface area contributed by atoms with Crippen molar-refractivity contribution >= 4 is 0 Å². The Labute approximate surface area is 55.0 Å². The highest BCUT2D eigenvalue weighted by molar-refractivity contribution is 4.62. The third-order valence-electron chi connectivity index (χ3n) is 1.71. The summed E-state index contributed by atoms with van der Waals surface area (Å²) in [6.45, 7) is 2.51. The first-order chi connectivity index (χ1) is 4.43. The Kier molecular flexibility index (Phi) is 2.64. The van der Waals surface area contributed by atoms with Gasteiger partial charge < -0.3 is 0 Å². The second-order valence-corrected chi connectivity index (χ2v) is 2.45. The number of hydrogen-bond acceptors (Lipinski definition) is 3. The topological polar surface area (TPSA) is 32.7 Å². The van der Waals surface area contributed by atoms with Crippen molar-refractivity contribution in [1.29, 1.82) is 0 Å². The lowest BCUT2D eigenvalue weighted by Crippen LogP contribution is -2.29. The Balaban J connectivity index is 2.15.